The molecule has 7 heteroatoms. The maximum Gasteiger partial charge on any atom is 0.318 e. The molecule has 5 nitrogen and oxygen atoms in total. The lowest BCUT2D eigenvalue weighted by Gasteiger charge is -1.97. The van der Waals surface area contributed by atoms with E-state index in [9.17, 15) is 13.2 Å². The number of rotatable bonds is 4. The molecule has 0 bridgehead atoms. The molecule has 0 amide bonds. The molecule has 2 N–H and O–H groups in total. The monoisotopic (exact) mass is 185 g/mol. The Morgan fingerprint density at radius 2 is 2.20 bits per heavy atom. The zero-order valence-electron chi connectivity index (χ0n) is 5.20. The van der Waals surface area contributed by atoms with Crippen LogP contribution < -0.4 is 4.72 Å². The molecule has 0 saturated carbocycles. The van der Waals surface area contributed by atoms with Crippen molar-refractivity contribution in [3.8, 4) is 0 Å². The van der Waals surface area contributed by atoms with E-state index >= 15 is 0 Å². The van der Waals surface area contributed by atoms with Crippen LogP contribution in [0.1, 0.15) is 0 Å². The highest BCUT2D eigenvalue weighted by molar-refractivity contribution is 8.71. The van der Waals surface area contributed by atoms with Crippen LogP contribution in [0.2, 0.25) is 0 Å². The van der Waals surface area contributed by atoms with E-state index < -0.39 is 21.6 Å². The molecule has 0 heterocycles. The molecule has 0 spiro atoms. The molecule has 0 aromatic heterocycles. The summed E-state index contributed by atoms with van der Waals surface area (Å²) in [5.41, 5.74) is 0. The average Bonchev–Trinajstić information content (AvgIpc) is 1.85. The molecule has 0 saturated heterocycles. The first kappa shape index (κ1) is 9.73. The third-order valence-electron chi connectivity index (χ3n) is 0.620. The van der Waals surface area contributed by atoms with Crippen molar-refractivity contribution in [1.82, 2.24) is 4.72 Å². The first-order chi connectivity index (χ1) is 4.48. The summed E-state index contributed by atoms with van der Waals surface area (Å²) in [6, 6.07) is 0. The second kappa shape index (κ2) is 3.79. The van der Waals surface area contributed by atoms with Gasteiger partial charge in [0.05, 0.1) is 0 Å². The number of carboxylic acids is 1. The van der Waals surface area contributed by atoms with E-state index in [2.05, 4.69) is 0 Å². The van der Waals surface area contributed by atoms with Gasteiger partial charge >= 0.3 is 5.97 Å². The maximum atomic E-state index is 10.5. The topological polar surface area (TPSA) is 83.5 Å². The Kier molecular flexibility index (Phi) is 3.69. The molecule has 0 aliphatic rings. The maximum absolute atomic E-state index is 10.5. The summed E-state index contributed by atoms with van der Waals surface area (Å²) < 4.78 is 22.8. The first-order valence-corrected chi connectivity index (χ1v) is 5.47. The van der Waals surface area contributed by atoms with Crippen molar-refractivity contribution in [2.45, 2.75) is 0 Å². The van der Waals surface area contributed by atoms with Crippen LogP contribution in [0.5, 0.6) is 0 Å². The Labute approximate surface area is 62.3 Å². The molecule has 0 radical (unpaired) electrons. The minimum absolute atomic E-state index is 0.566. The van der Waals surface area contributed by atoms with Crippen molar-refractivity contribution in [3.63, 3.8) is 0 Å². The summed E-state index contributed by atoms with van der Waals surface area (Å²) >= 11 is 0. The summed E-state index contributed by atoms with van der Waals surface area (Å²) in [5.74, 6) is -1.20. The molecule has 0 aromatic rings. The average molecular weight is 185 g/mol. The Bertz CT molecular complexity index is 209. The fourth-order valence-corrected chi connectivity index (χ4v) is 1.16. The van der Waals surface area contributed by atoms with Crippen molar-refractivity contribution in [3.05, 3.63) is 0 Å². The van der Waals surface area contributed by atoms with Gasteiger partial charge in [-0.05, 0) is 17.0 Å². The molecule has 10 heavy (non-hydrogen) atoms. The Balaban J connectivity index is 3.81. The normalized spacial score (nSPS) is 11.3. The van der Waals surface area contributed by atoms with Gasteiger partial charge in [-0.1, -0.05) is 0 Å². The van der Waals surface area contributed by atoms with E-state index in [0.29, 0.717) is 10.8 Å². The molecule has 0 aliphatic heterocycles. The van der Waals surface area contributed by atoms with Gasteiger partial charge in [-0.25, -0.2) is 8.42 Å². The third-order valence-corrected chi connectivity index (χ3v) is 3.23. The van der Waals surface area contributed by atoms with Crippen LogP contribution in [0.15, 0.2) is 0 Å². The Hall–Kier alpha value is -0.270. The number of nitrogens with one attached hydrogen (secondary N) is 1. The van der Waals surface area contributed by atoms with E-state index in [0.717, 1.165) is 0 Å². The molecular formula is C3H7NO4S2. The van der Waals surface area contributed by atoms with E-state index in [1.807, 2.05) is 4.72 Å². The number of hydrogen-bond donors (Lipinski definition) is 2. The predicted octanol–water partition coefficient (Wildman–Crippen LogP) is -0.732. The zero-order chi connectivity index (χ0) is 8.20. The van der Waals surface area contributed by atoms with Crippen LogP contribution in [0, 0.1) is 0 Å². The third kappa shape index (κ3) is 4.59. The minimum Gasteiger partial charge on any atom is -0.480 e. The number of hydrogen-bond acceptors (Lipinski definition) is 4. The van der Waals surface area contributed by atoms with Crippen molar-refractivity contribution in [2.75, 3.05) is 12.8 Å². The van der Waals surface area contributed by atoms with Gasteiger partial charge in [0, 0.05) is 0 Å². The summed E-state index contributed by atoms with van der Waals surface area (Å²) in [5, 5.41) is 8.04. The molecule has 0 aliphatic carbocycles. The zero-order valence-corrected chi connectivity index (χ0v) is 6.83. The second-order valence-corrected chi connectivity index (χ2v) is 5.18. The van der Waals surface area contributed by atoms with E-state index in [4.69, 9.17) is 5.11 Å². The highest BCUT2D eigenvalue weighted by Gasteiger charge is 2.08. The molecular weight excluding hydrogens is 178 g/mol. The van der Waals surface area contributed by atoms with Gasteiger partial charge in [-0.15, -0.1) is 0 Å². The highest BCUT2D eigenvalue weighted by Crippen LogP contribution is 2.01. The molecule has 0 fully saturated rings. The SMILES string of the molecule is CSS(=O)(=O)NCC(=O)O. The molecule has 60 valence electrons. The van der Waals surface area contributed by atoms with Crippen molar-refractivity contribution in [2.24, 2.45) is 0 Å². The smallest absolute Gasteiger partial charge is 0.318 e. The van der Waals surface area contributed by atoms with Crippen LogP contribution in [0.3, 0.4) is 0 Å². The van der Waals surface area contributed by atoms with Crippen LogP contribution in [0.4, 0.5) is 0 Å². The number of carbonyl (C=O) groups is 1. The molecule has 0 atom stereocenters. The van der Waals surface area contributed by atoms with Crippen LogP contribution in [-0.4, -0.2) is 32.3 Å². The fraction of sp³-hybridized carbons (Fsp3) is 0.667. The van der Waals surface area contributed by atoms with Gasteiger partial charge in [-0.2, -0.15) is 4.72 Å². The lowest BCUT2D eigenvalue weighted by atomic mass is 10.7. The standard InChI is InChI=1S/C3H7NO4S2/c1-9-10(7,8)4-2-3(5)6/h4H,2H2,1H3,(H,5,6). The van der Waals surface area contributed by atoms with Gasteiger partial charge < -0.3 is 5.11 Å². The second-order valence-electron chi connectivity index (χ2n) is 1.34. The van der Waals surface area contributed by atoms with Crippen molar-refractivity contribution >= 4 is 25.8 Å². The first-order valence-electron chi connectivity index (χ1n) is 2.25. The summed E-state index contributed by atoms with van der Waals surface area (Å²) in [6.45, 7) is -0.566. The van der Waals surface area contributed by atoms with E-state index in [1.54, 1.807) is 0 Å². The van der Waals surface area contributed by atoms with Gasteiger partial charge in [-0.3, -0.25) is 4.79 Å². The van der Waals surface area contributed by atoms with Gasteiger partial charge in [0.15, 0.2) is 0 Å². The summed E-state index contributed by atoms with van der Waals surface area (Å²) in [4.78, 5) is 9.83. The Morgan fingerprint density at radius 3 is 2.50 bits per heavy atom. The predicted molar refractivity (Wildman–Crippen MR) is 38.1 cm³/mol. The van der Waals surface area contributed by atoms with Gasteiger partial charge in [0.2, 0.25) is 0 Å². The van der Waals surface area contributed by atoms with E-state index in [-0.39, 0.29) is 0 Å². The summed E-state index contributed by atoms with van der Waals surface area (Å²) in [7, 11) is -2.86. The van der Waals surface area contributed by atoms with Crippen molar-refractivity contribution < 1.29 is 18.3 Å². The number of aliphatic carboxylic acids is 1. The van der Waals surface area contributed by atoms with Crippen molar-refractivity contribution in [1.29, 1.82) is 0 Å². The largest absolute Gasteiger partial charge is 0.480 e. The summed E-state index contributed by atoms with van der Waals surface area (Å²) in [6.07, 6.45) is 1.35. The number of carboxylic acid groups (broad SMARTS) is 1. The lowest BCUT2D eigenvalue weighted by molar-refractivity contribution is -0.135. The van der Waals surface area contributed by atoms with Gasteiger partial charge in [0.25, 0.3) is 9.06 Å². The minimum atomic E-state index is -3.43. The van der Waals surface area contributed by atoms with Crippen LogP contribution in [0.25, 0.3) is 0 Å². The van der Waals surface area contributed by atoms with Crippen LogP contribution >= 0.6 is 10.8 Å². The quantitative estimate of drug-likeness (QED) is 0.564. The molecule has 0 rings (SSSR count). The van der Waals surface area contributed by atoms with Gasteiger partial charge in [0.1, 0.15) is 6.54 Å². The Morgan fingerprint density at radius 1 is 1.70 bits per heavy atom. The van der Waals surface area contributed by atoms with E-state index in [1.165, 1.54) is 6.26 Å². The lowest BCUT2D eigenvalue weighted by Crippen LogP contribution is -2.26. The fourth-order valence-electron chi connectivity index (χ4n) is 0.209. The van der Waals surface area contributed by atoms with Crippen LogP contribution in [-0.2, 0) is 13.8 Å². The molecule has 0 aromatic carbocycles. The highest BCUT2D eigenvalue weighted by atomic mass is 33.1. The molecule has 0 unspecified atom stereocenters.